The molecule has 0 aliphatic carbocycles. The van der Waals surface area contributed by atoms with Crippen LogP contribution in [0.2, 0.25) is 45.8 Å². The average Bonchev–Trinajstić information content (AvgIpc) is 2.26. The van der Waals surface area contributed by atoms with E-state index in [0.717, 1.165) is 0 Å². The number of hydrogen-bond donors (Lipinski definition) is 0. The molecule has 0 N–H and O–H groups in total. The first-order valence-electron chi connectivity index (χ1n) is 5.67. The van der Waals surface area contributed by atoms with E-state index in [1.165, 1.54) is 13.1 Å². The van der Waals surface area contributed by atoms with Gasteiger partial charge in [-0.1, -0.05) is 39.3 Å². The minimum Gasteiger partial charge on any atom is -0.335 e. The van der Waals surface area contributed by atoms with E-state index in [2.05, 4.69) is 54.3 Å². The lowest BCUT2D eigenvalue weighted by atomic mass is 10.7. The van der Waals surface area contributed by atoms with Crippen LogP contribution in [-0.2, 0) is 0 Å². The summed E-state index contributed by atoms with van der Waals surface area (Å²) in [7, 11) is -2.80. The van der Waals surface area contributed by atoms with Gasteiger partial charge in [0.15, 0.2) is 9.12 Å². The molecular weight excluding hydrogens is 220 g/mol. The fourth-order valence-corrected chi connectivity index (χ4v) is 15.6. The normalized spacial score (nSPS) is 23.4. The van der Waals surface area contributed by atoms with E-state index in [-0.39, 0.29) is 0 Å². The van der Waals surface area contributed by atoms with Crippen molar-refractivity contribution in [2.45, 2.75) is 45.8 Å². The van der Waals surface area contributed by atoms with Crippen molar-refractivity contribution in [3.05, 3.63) is 0 Å². The summed E-state index contributed by atoms with van der Waals surface area (Å²) in [5.74, 6) is 0. The fourth-order valence-electron chi connectivity index (χ4n) is 2.55. The zero-order chi connectivity index (χ0) is 11.1. The highest BCUT2D eigenvalue weighted by Gasteiger charge is 2.41. The molecule has 14 heavy (non-hydrogen) atoms. The molecule has 0 aromatic carbocycles. The topological polar surface area (TPSA) is 6.48 Å². The molecule has 2 nitrogen and oxygen atoms in total. The standard InChI is InChI=1S/C9H26N2Si3/c1-12-10(13(2,3)4)8-9-11(12)14(5,6)7/h12H,8-9H2,1-7H3. The van der Waals surface area contributed by atoms with E-state index in [1.807, 2.05) is 0 Å². The lowest BCUT2D eigenvalue weighted by molar-refractivity contribution is 0.654. The van der Waals surface area contributed by atoms with Crippen molar-refractivity contribution >= 4 is 25.6 Å². The highest BCUT2D eigenvalue weighted by Crippen LogP contribution is 2.23. The SMILES string of the molecule is C[SiH]1N([Si](C)(C)C)CCN1[Si](C)(C)C. The first-order chi connectivity index (χ1) is 6.14. The molecule has 0 saturated carbocycles. The van der Waals surface area contributed by atoms with Crippen LogP contribution >= 0.6 is 0 Å². The Morgan fingerprint density at radius 3 is 1.21 bits per heavy atom. The molecule has 0 amide bonds. The largest absolute Gasteiger partial charge is 0.335 e. The summed E-state index contributed by atoms with van der Waals surface area (Å²) >= 11 is 0. The Bertz CT molecular complexity index is 185. The monoisotopic (exact) mass is 246 g/mol. The third-order valence-electron chi connectivity index (χ3n) is 3.21. The molecule has 0 aromatic rings. The average molecular weight is 247 g/mol. The molecule has 0 unspecified atom stereocenters. The summed E-state index contributed by atoms with van der Waals surface area (Å²) in [5.41, 5.74) is 0. The number of hydrogen-bond acceptors (Lipinski definition) is 2. The molecule has 0 radical (unpaired) electrons. The van der Waals surface area contributed by atoms with Gasteiger partial charge in [0.2, 0.25) is 0 Å². The quantitative estimate of drug-likeness (QED) is 0.689. The molecule has 0 atom stereocenters. The summed E-state index contributed by atoms with van der Waals surface area (Å²) in [6.07, 6.45) is 0. The van der Waals surface area contributed by atoms with Crippen molar-refractivity contribution < 1.29 is 0 Å². The van der Waals surface area contributed by atoms with Crippen molar-refractivity contribution in [3.8, 4) is 0 Å². The lowest BCUT2D eigenvalue weighted by Crippen LogP contribution is -2.58. The van der Waals surface area contributed by atoms with Gasteiger partial charge < -0.3 is 8.46 Å². The Hall–Kier alpha value is 0.571. The molecule has 1 saturated heterocycles. The molecule has 5 heteroatoms. The predicted molar refractivity (Wildman–Crippen MR) is 73.1 cm³/mol. The lowest BCUT2D eigenvalue weighted by Gasteiger charge is -2.39. The number of rotatable bonds is 2. The van der Waals surface area contributed by atoms with Crippen LogP contribution in [-0.4, -0.2) is 47.1 Å². The Morgan fingerprint density at radius 2 is 1.07 bits per heavy atom. The molecule has 84 valence electrons. The Morgan fingerprint density at radius 1 is 0.786 bits per heavy atom. The van der Waals surface area contributed by atoms with Gasteiger partial charge in [-0.15, -0.1) is 0 Å². The van der Waals surface area contributed by atoms with Gasteiger partial charge in [0.25, 0.3) is 0 Å². The number of nitrogens with zero attached hydrogens (tertiary/aromatic N) is 2. The van der Waals surface area contributed by atoms with Gasteiger partial charge in [0.1, 0.15) is 16.5 Å². The van der Waals surface area contributed by atoms with Crippen LogP contribution in [0.3, 0.4) is 0 Å². The van der Waals surface area contributed by atoms with E-state index in [1.54, 1.807) is 0 Å². The fraction of sp³-hybridized carbons (Fsp3) is 1.00. The highest BCUT2D eigenvalue weighted by atomic mass is 28.4. The summed E-state index contributed by atoms with van der Waals surface area (Å²) in [6, 6.07) is 0. The van der Waals surface area contributed by atoms with E-state index in [9.17, 15) is 0 Å². The maximum Gasteiger partial charge on any atom is 0.173 e. The van der Waals surface area contributed by atoms with Crippen molar-refractivity contribution in [2.75, 3.05) is 13.1 Å². The Labute approximate surface area is 93.2 Å². The van der Waals surface area contributed by atoms with Crippen molar-refractivity contribution in [1.29, 1.82) is 0 Å². The van der Waals surface area contributed by atoms with Crippen LogP contribution in [0, 0.1) is 0 Å². The van der Waals surface area contributed by atoms with Crippen LogP contribution in [0.25, 0.3) is 0 Å². The van der Waals surface area contributed by atoms with E-state index in [0.29, 0.717) is 0 Å². The van der Waals surface area contributed by atoms with E-state index >= 15 is 0 Å². The third kappa shape index (κ3) is 2.57. The second kappa shape index (κ2) is 3.86. The third-order valence-corrected chi connectivity index (χ3v) is 16.3. The van der Waals surface area contributed by atoms with E-state index in [4.69, 9.17) is 0 Å². The first kappa shape index (κ1) is 12.6. The molecule has 0 bridgehead atoms. The van der Waals surface area contributed by atoms with Crippen molar-refractivity contribution in [3.63, 3.8) is 0 Å². The summed E-state index contributed by atoms with van der Waals surface area (Å²) < 4.78 is 5.79. The molecule has 0 spiro atoms. The molecule has 1 aliphatic heterocycles. The van der Waals surface area contributed by atoms with Crippen molar-refractivity contribution in [1.82, 2.24) is 8.46 Å². The van der Waals surface area contributed by atoms with Gasteiger partial charge in [-0.25, -0.2) is 0 Å². The smallest absolute Gasteiger partial charge is 0.173 e. The highest BCUT2D eigenvalue weighted by molar-refractivity contribution is 6.88. The molecule has 1 fully saturated rings. The van der Waals surface area contributed by atoms with Gasteiger partial charge >= 0.3 is 0 Å². The maximum absolute atomic E-state index is 2.89. The Kier molecular flexibility index (Phi) is 3.48. The minimum atomic E-state index is -1.03. The molecule has 1 rings (SSSR count). The Balaban J connectivity index is 2.75. The zero-order valence-corrected chi connectivity index (χ0v) is 14.0. The maximum atomic E-state index is 2.89. The minimum absolute atomic E-state index is 0.739. The van der Waals surface area contributed by atoms with Crippen LogP contribution in [0.15, 0.2) is 0 Å². The molecule has 1 aliphatic rings. The second-order valence-corrected chi connectivity index (χ2v) is 19.7. The molecule has 0 aromatic heterocycles. The van der Waals surface area contributed by atoms with Crippen LogP contribution < -0.4 is 0 Å². The van der Waals surface area contributed by atoms with Crippen molar-refractivity contribution in [2.24, 2.45) is 0 Å². The van der Waals surface area contributed by atoms with Gasteiger partial charge in [0, 0.05) is 0 Å². The first-order valence-corrected chi connectivity index (χ1v) is 14.8. The van der Waals surface area contributed by atoms with Crippen LogP contribution in [0.5, 0.6) is 0 Å². The summed E-state index contributed by atoms with van der Waals surface area (Å²) in [6.45, 7) is 20.2. The summed E-state index contributed by atoms with van der Waals surface area (Å²) in [4.78, 5) is 0. The second-order valence-electron chi connectivity index (χ2n) is 6.36. The van der Waals surface area contributed by atoms with Crippen LogP contribution in [0.4, 0.5) is 0 Å². The van der Waals surface area contributed by atoms with Gasteiger partial charge in [0.05, 0.1) is 0 Å². The molecule has 1 heterocycles. The van der Waals surface area contributed by atoms with Gasteiger partial charge in [-0.3, -0.25) is 0 Å². The van der Waals surface area contributed by atoms with Crippen LogP contribution in [0.1, 0.15) is 0 Å². The zero-order valence-electron chi connectivity index (χ0n) is 10.9. The summed E-state index contributed by atoms with van der Waals surface area (Å²) in [5, 5.41) is 0. The van der Waals surface area contributed by atoms with E-state index < -0.39 is 25.6 Å². The predicted octanol–water partition coefficient (Wildman–Crippen LogP) is 2.12. The molecular formula is C9H26N2Si3. The van der Waals surface area contributed by atoms with Gasteiger partial charge in [-0.05, 0) is 19.6 Å². The van der Waals surface area contributed by atoms with Gasteiger partial charge in [-0.2, -0.15) is 0 Å².